The Bertz CT molecular complexity index is 1190. The summed E-state index contributed by atoms with van der Waals surface area (Å²) in [6.07, 6.45) is 0. The Morgan fingerprint density at radius 2 is 1.85 bits per heavy atom. The number of anilines is 1. The summed E-state index contributed by atoms with van der Waals surface area (Å²) in [5.41, 5.74) is 2.50. The van der Waals surface area contributed by atoms with Gasteiger partial charge in [0.25, 0.3) is 5.56 Å². The van der Waals surface area contributed by atoms with Gasteiger partial charge in [-0.1, -0.05) is 36.0 Å². The van der Waals surface area contributed by atoms with Gasteiger partial charge in [0.1, 0.15) is 11.6 Å². The zero-order valence-electron chi connectivity index (χ0n) is 15.1. The molecule has 0 saturated carbocycles. The van der Waals surface area contributed by atoms with Crippen LogP contribution in [-0.2, 0) is 5.75 Å². The van der Waals surface area contributed by atoms with Gasteiger partial charge in [-0.05, 0) is 37.6 Å². The average Bonchev–Trinajstić information content (AvgIpc) is 2.67. The first-order valence-electron chi connectivity index (χ1n) is 8.77. The standard InChI is InChI=1S/C20H19N5OS/c1-3-21-18-13-8-4-5-10-15(13)22-20(25-18)27-11-16-23-17-12(2)7-6-9-14(17)19(26)24-16/h4-10H,3,11H2,1-2H3,(H,21,22,25)(H,23,24,26). The van der Waals surface area contributed by atoms with Gasteiger partial charge in [-0.25, -0.2) is 15.0 Å². The molecule has 0 bridgehead atoms. The largest absolute Gasteiger partial charge is 0.370 e. The minimum absolute atomic E-state index is 0.118. The van der Waals surface area contributed by atoms with E-state index in [9.17, 15) is 4.79 Å². The van der Waals surface area contributed by atoms with Crippen LogP contribution in [0.25, 0.3) is 21.8 Å². The van der Waals surface area contributed by atoms with E-state index in [2.05, 4.69) is 25.3 Å². The third-order valence-corrected chi connectivity index (χ3v) is 5.11. The van der Waals surface area contributed by atoms with Crippen LogP contribution in [0.15, 0.2) is 52.4 Å². The molecule has 0 radical (unpaired) electrons. The summed E-state index contributed by atoms with van der Waals surface area (Å²) in [5, 5.41) is 5.55. The Kier molecular flexibility index (Phi) is 4.77. The predicted octanol–water partition coefficient (Wildman–Crippen LogP) is 3.90. The molecule has 0 aliphatic rings. The number of nitrogens with one attached hydrogen (secondary N) is 2. The predicted molar refractivity (Wildman–Crippen MR) is 110 cm³/mol. The summed E-state index contributed by atoms with van der Waals surface area (Å²) < 4.78 is 0. The third-order valence-electron chi connectivity index (χ3n) is 4.25. The molecular formula is C20H19N5OS. The first kappa shape index (κ1) is 17.5. The van der Waals surface area contributed by atoms with E-state index in [1.807, 2.05) is 50.2 Å². The van der Waals surface area contributed by atoms with Crippen molar-refractivity contribution in [1.82, 2.24) is 19.9 Å². The molecule has 6 nitrogen and oxygen atoms in total. The number of nitrogens with zero attached hydrogens (tertiary/aromatic N) is 3. The number of aryl methyl sites for hydroxylation is 1. The number of aromatic nitrogens is 4. The van der Waals surface area contributed by atoms with Crippen LogP contribution in [0.2, 0.25) is 0 Å². The highest BCUT2D eigenvalue weighted by Crippen LogP contribution is 2.25. The van der Waals surface area contributed by atoms with E-state index in [0.717, 1.165) is 34.3 Å². The van der Waals surface area contributed by atoms with Crippen LogP contribution in [0.4, 0.5) is 5.82 Å². The van der Waals surface area contributed by atoms with E-state index in [1.54, 1.807) is 6.07 Å². The fourth-order valence-corrected chi connectivity index (χ4v) is 3.70. The maximum absolute atomic E-state index is 12.3. The van der Waals surface area contributed by atoms with Crippen LogP contribution in [0.1, 0.15) is 18.3 Å². The van der Waals surface area contributed by atoms with E-state index < -0.39 is 0 Å². The summed E-state index contributed by atoms with van der Waals surface area (Å²) >= 11 is 1.46. The zero-order valence-corrected chi connectivity index (χ0v) is 15.9. The molecule has 2 aromatic heterocycles. The number of hydrogen-bond acceptors (Lipinski definition) is 6. The first-order chi connectivity index (χ1) is 13.2. The average molecular weight is 377 g/mol. The molecule has 2 heterocycles. The number of aromatic amines is 1. The molecule has 0 spiro atoms. The molecule has 0 unspecified atom stereocenters. The molecule has 0 saturated heterocycles. The zero-order chi connectivity index (χ0) is 18.8. The highest BCUT2D eigenvalue weighted by atomic mass is 32.2. The summed E-state index contributed by atoms with van der Waals surface area (Å²) in [6.45, 7) is 4.78. The van der Waals surface area contributed by atoms with Gasteiger partial charge in [-0.15, -0.1) is 0 Å². The van der Waals surface area contributed by atoms with Gasteiger partial charge in [0.2, 0.25) is 0 Å². The fourth-order valence-electron chi connectivity index (χ4n) is 2.98. The lowest BCUT2D eigenvalue weighted by molar-refractivity contribution is 0.980. The van der Waals surface area contributed by atoms with Gasteiger partial charge in [0.15, 0.2) is 5.16 Å². The van der Waals surface area contributed by atoms with Gasteiger partial charge < -0.3 is 10.3 Å². The molecule has 4 aromatic rings. The van der Waals surface area contributed by atoms with Crippen molar-refractivity contribution in [3.05, 3.63) is 64.2 Å². The molecule has 2 N–H and O–H groups in total. The molecule has 27 heavy (non-hydrogen) atoms. The quantitative estimate of drug-likeness (QED) is 0.405. The molecule has 4 rings (SSSR count). The Morgan fingerprint density at radius 1 is 1.04 bits per heavy atom. The summed E-state index contributed by atoms with van der Waals surface area (Å²) in [5.74, 6) is 1.93. The molecule has 2 aromatic carbocycles. The lowest BCUT2D eigenvalue weighted by Crippen LogP contribution is -2.12. The van der Waals surface area contributed by atoms with E-state index in [0.29, 0.717) is 22.1 Å². The van der Waals surface area contributed by atoms with E-state index in [-0.39, 0.29) is 5.56 Å². The molecule has 136 valence electrons. The van der Waals surface area contributed by atoms with Crippen LogP contribution in [0.5, 0.6) is 0 Å². The molecule has 0 amide bonds. The summed E-state index contributed by atoms with van der Waals surface area (Å²) in [4.78, 5) is 29.1. The normalized spacial score (nSPS) is 11.2. The SMILES string of the molecule is CCNc1nc(SCc2nc3c(C)cccc3c(=O)[nH]2)nc2ccccc12. The van der Waals surface area contributed by atoms with Crippen LogP contribution in [0, 0.1) is 6.92 Å². The van der Waals surface area contributed by atoms with Gasteiger partial charge in [-0.3, -0.25) is 4.79 Å². The topological polar surface area (TPSA) is 83.6 Å². The van der Waals surface area contributed by atoms with E-state index in [1.165, 1.54) is 11.8 Å². The van der Waals surface area contributed by atoms with Crippen molar-refractivity contribution in [2.24, 2.45) is 0 Å². The molecular weight excluding hydrogens is 358 g/mol. The van der Waals surface area contributed by atoms with Gasteiger partial charge in [0.05, 0.1) is 22.2 Å². The number of hydrogen-bond donors (Lipinski definition) is 2. The van der Waals surface area contributed by atoms with Crippen molar-refractivity contribution >= 4 is 39.4 Å². The maximum Gasteiger partial charge on any atom is 0.258 e. The smallest absolute Gasteiger partial charge is 0.258 e. The Balaban J connectivity index is 1.66. The monoisotopic (exact) mass is 377 g/mol. The molecule has 7 heteroatoms. The highest BCUT2D eigenvalue weighted by Gasteiger charge is 2.10. The lowest BCUT2D eigenvalue weighted by Gasteiger charge is -2.09. The van der Waals surface area contributed by atoms with Crippen molar-refractivity contribution in [3.63, 3.8) is 0 Å². The lowest BCUT2D eigenvalue weighted by atomic mass is 10.1. The van der Waals surface area contributed by atoms with Crippen molar-refractivity contribution < 1.29 is 0 Å². The fraction of sp³-hybridized carbons (Fsp3) is 0.200. The Morgan fingerprint density at radius 3 is 2.70 bits per heavy atom. The van der Waals surface area contributed by atoms with E-state index in [4.69, 9.17) is 0 Å². The van der Waals surface area contributed by atoms with Crippen LogP contribution < -0.4 is 10.9 Å². The van der Waals surface area contributed by atoms with Crippen LogP contribution >= 0.6 is 11.8 Å². The number of fused-ring (bicyclic) bond motifs is 2. The van der Waals surface area contributed by atoms with Crippen LogP contribution in [0.3, 0.4) is 0 Å². The van der Waals surface area contributed by atoms with Crippen molar-refractivity contribution in [1.29, 1.82) is 0 Å². The third kappa shape index (κ3) is 3.50. The number of benzene rings is 2. The number of para-hydroxylation sites is 2. The second-order valence-corrected chi connectivity index (χ2v) is 7.12. The molecule has 0 fully saturated rings. The highest BCUT2D eigenvalue weighted by molar-refractivity contribution is 7.98. The van der Waals surface area contributed by atoms with Crippen molar-refractivity contribution in [2.75, 3.05) is 11.9 Å². The van der Waals surface area contributed by atoms with Crippen molar-refractivity contribution in [2.45, 2.75) is 24.8 Å². The maximum atomic E-state index is 12.3. The Hall–Kier alpha value is -2.93. The second kappa shape index (κ2) is 7.36. The number of thioether (sulfide) groups is 1. The molecule has 0 aliphatic carbocycles. The van der Waals surface area contributed by atoms with Crippen LogP contribution in [-0.4, -0.2) is 26.5 Å². The minimum atomic E-state index is -0.118. The van der Waals surface area contributed by atoms with Crippen molar-refractivity contribution in [3.8, 4) is 0 Å². The summed E-state index contributed by atoms with van der Waals surface area (Å²) in [6, 6.07) is 13.5. The molecule has 0 atom stereocenters. The number of H-pyrrole nitrogens is 1. The second-order valence-electron chi connectivity index (χ2n) is 6.17. The Labute approximate surface area is 160 Å². The van der Waals surface area contributed by atoms with E-state index >= 15 is 0 Å². The van der Waals surface area contributed by atoms with Gasteiger partial charge in [0, 0.05) is 11.9 Å². The minimum Gasteiger partial charge on any atom is -0.370 e. The number of rotatable bonds is 5. The van der Waals surface area contributed by atoms with Gasteiger partial charge >= 0.3 is 0 Å². The molecule has 0 aliphatic heterocycles. The first-order valence-corrected chi connectivity index (χ1v) is 9.76. The van der Waals surface area contributed by atoms with Gasteiger partial charge in [-0.2, -0.15) is 0 Å². The summed E-state index contributed by atoms with van der Waals surface area (Å²) in [7, 11) is 0.